The Morgan fingerprint density at radius 1 is 1.37 bits per heavy atom. The monoisotopic (exact) mass is 265 g/mol. The predicted octanol–water partition coefficient (Wildman–Crippen LogP) is 1.66. The average Bonchev–Trinajstić information content (AvgIpc) is 2.39. The van der Waals surface area contributed by atoms with Crippen LogP contribution in [0.5, 0.6) is 5.88 Å². The minimum Gasteiger partial charge on any atom is -0.478 e. The first-order valence-electron chi connectivity index (χ1n) is 7.00. The van der Waals surface area contributed by atoms with Crippen LogP contribution in [-0.4, -0.2) is 47.3 Å². The Kier molecular flexibility index (Phi) is 5.10. The largest absolute Gasteiger partial charge is 0.478 e. The molecule has 0 amide bonds. The van der Waals surface area contributed by atoms with Gasteiger partial charge in [-0.15, -0.1) is 0 Å². The first kappa shape index (κ1) is 14.2. The van der Waals surface area contributed by atoms with Crippen LogP contribution in [0.15, 0.2) is 6.33 Å². The lowest BCUT2D eigenvalue weighted by atomic mass is 10.1. The molecule has 0 N–H and O–H groups in total. The summed E-state index contributed by atoms with van der Waals surface area (Å²) in [5.41, 5.74) is 2.26. The van der Waals surface area contributed by atoms with Gasteiger partial charge in [-0.25, -0.2) is 9.97 Å². The second kappa shape index (κ2) is 6.82. The van der Waals surface area contributed by atoms with E-state index in [4.69, 9.17) is 9.47 Å². The van der Waals surface area contributed by atoms with Crippen molar-refractivity contribution in [1.29, 1.82) is 0 Å². The zero-order chi connectivity index (χ0) is 13.7. The van der Waals surface area contributed by atoms with Crippen molar-refractivity contribution >= 4 is 0 Å². The molecule has 0 atom stereocenters. The van der Waals surface area contributed by atoms with Crippen LogP contribution in [-0.2, 0) is 17.7 Å². The standard InChI is InChI=1S/C14H23N3O2/c1-4-18-14-12-9-17(7-8-19-11(2)3)6-5-13(12)15-10-16-14/h10-11H,4-9H2,1-3H3. The van der Waals surface area contributed by atoms with Gasteiger partial charge in [-0.05, 0) is 20.8 Å². The first-order chi connectivity index (χ1) is 9.20. The van der Waals surface area contributed by atoms with Crippen LogP contribution >= 0.6 is 0 Å². The van der Waals surface area contributed by atoms with Crippen molar-refractivity contribution < 1.29 is 9.47 Å². The maximum absolute atomic E-state index is 5.61. The van der Waals surface area contributed by atoms with Gasteiger partial charge >= 0.3 is 0 Å². The number of hydrogen-bond acceptors (Lipinski definition) is 5. The van der Waals surface area contributed by atoms with Crippen molar-refractivity contribution in [3.05, 3.63) is 17.6 Å². The zero-order valence-electron chi connectivity index (χ0n) is 12.1. The molecule has 1 aromatic rings. The Hall–Kier alpha value is -1.20. The van der Waals surface area contributed by atoms with Gasteiger partial charge in [0.2, 0.25) is 5.88 Å². The summed E-state index contributed by atoms with van der Waals surface area (Å²) in [6, 6.07) is 0. The Morgan fingerprint density at radius 3 is 2.95 bits per heavy atom. The first-order valence-corrected chi connectivity index (χ1v) is 7.00. The number of rotatable bonds is 6. The van der Waals surface area contributed by atoms with Gasteiger partial charge in [0.15, 0.2) is 0 Å². The van der Waals surface area contributed by atoms with Crippen molar-refractivity contribution in [2.75, 3.05) is 26.3 Å². The minimum atomic E-state index is 0.291. The van der Waals surface area contributed by atoms with Crippen molar-refractivity contribution in [2.45, 2.75) is 39.8 Å². The topological polar surface area (TPSA) is 47.5 Å². The summed E-state index contributed by atoms with van der Waals surface area (Å²) in [4.78, 5) is 11.0. The summed E-state index contributed by atoms with van der Waals surface area (Å²) in [5.74, 6) is 0.738. The Labute approximate surface area is 115 Å². The quantitative estimate of drug-likeness (QED) is 0.783. The molecule has 0 unspecified atom stereocenters. The van der Waals surface area contributed by atoms with Gasteiger partial charge in [-0.1, -0.05) is 0 Å². The fraction of sp³-hybridized carbons (Fsp3) is 0.714. The molecule has 5 nitrogen and oxygen atoms in total. The Morgan fingerprint density at radius 2 is 2.21 bits per heavy atom. The highest BCUT2D eigenvalue weighted by Gasteiger charge is 2.21. The Bertz CT molecular complexity index is 410. The zero-order valence-corrected chi connectivity index (χ0v) is 12.1. The number of nitrogens with zero attached hydrogens (tertiary/aromatic N) is 3. The van der Waals surface area contributed by atoms with E-state index in [1.807, 2.05) is 6.92 Å². The van der Waals surface area contributed by atoms with Crippen LogP contribution in [0.3, 0.4) is 0 Å². The van der Waals surface area contributed by atoms with Gasteiger partial charge in [-0.3, -0.25) is 4.90 Å². The molecule has 19 heavy (non-hydrogen) atoms. The van der Waals surface area contributed by atoms with E-state index in [9.17, 15) is 0 Å². The van der Waals surface area contributed by atoms with E-state index in [1.165, 1.54) is 0 Å². The summed E-state index contributed by atoms with van der Waals surface area (Å²) in [5, 5.41) is 0. The molecule has 0 fully saturated rings. The SMILES string of the molecule is CCOc1ncnc2c1CN(CCOC(C)C)CC2. The molecule has 0 aliphatic carbocycles. The second-order valence-corrected chi connectivity index (χ2v) is 4.98. The summed E-state index contributed by atoms with van der Waals surface area (Å²) < 4.78 is 11.2. The second-order valence-electron chi connectivity index (χ2n) is 4.98. The van der Waals surface area contributed by atoms with E-state index in [2.05, 4.69) is 28.7 Å². The summed E-state index contributed by atoms with van der Waals surface area (Å²) >= 11 is 0. The average molecular weight is 265 g/mol. The smallest absolute Gasteiger partial charge is 0.221 e. The third-order valence-electron chi connectivity index (χ3n) is 3.18. The van der Waals surface area contributed by atoms with Crippen molar-refractivity contribution in [1.82, 2.24) is 14.9 Å². The van der Waals surface area contributed by atoms with Crippen LogP contribution in [0, 0.1) is 0 Å². The molecule has 1 aromatic heterocycles. The lowest BCUT2D eigenvalue weighted by Gasteiger charge is -2.28. The maximum Gasteiger partial charge on any atom is 0.221 e. The molecule has 5 heteroatoms. The summed E-state index contributed by atoms with van der Waals surface area (Å²) in [6.45, 7) is 10.3. The lowest BCUT2D eigenvalue weighted by Crippen LogP contribution is -2.34. The highest BCUT2D eigenvalue weighted by Crippen LogP contribution is 2.24. The van der Waals surface area contributed by atoms with Crippen LogP contribution in [0.1, 0.15) is 32.0 Å². The van der Waals surface area contributed by atoms with E-state index >= 15 is 0 Å². The molecular formula is C14H23N3O2. The van der Waals surface area contributed by atoms with Crippen molar-refractivity contribution in [3.8, 4) is 5.88 Å². The van der Waals surface area contributed by atoms with E-state index in [1.54, 1.807) is 6.33 Å². The highest BCUT2D eigenvalue weighted by atomic mass is 16.5. The highest BCUT2D eigenvalue weighted by molar-refractivity contribution is 5.31. The molecule has 1 aliphatic heterocycles. The number of ether oxygens (including phenoxy) is 2. The number of aromatic nitrogens is 2. The normalized spacial score (nSPS) is 15.6. The fourth-order valence-electron chi connectivity index (χ4n) is 2.24. The molecule has 2 heterocycles. The van der Waals surface area contributed by atoms with E-state index in [-0.39, 0.29) is 0 Å². The molecular weight excluding hydrogens is 242 g/mol. The van der Waals surface area contributed by atoms with E-state index < -0.39 is 0 Å². The molecule has 1 aliphatic rings. The summed E-state index contributed by atoms with van der Waals surface area (Å²) in [6.07, 6.45) is 2.85. The summed E-state index contributed by atoms with van der Waals surface area (Å²) in [7, 11) is 0. The maximum atomic E-state index is 5.61. The molecule has 2 rings (SSSR count). The fourth-order valence-corrected chi connectivity index (χ4v) is 2.24. The van der Waals surface area contributed by atoms with E-state index in [0.29, 0.717) is 12.7 Å². The molecule has 0 saturated heterocycles. The molecule has 0 saturated carbocycles. The number of hydrogen-bond donors (Lipinski definition) is 0. The number of fused-ring (bicyclic) bond motifs is 1. The van der Waals surface area contributed by atoms with Gasteiger partial charge < -0.3 is 9.47 Å². The lowest BCUT2D eigenvalue weighted by molar-refractivity contribution is 0.0558. The third kappa shape index (κ3) is 3.88. The van der Waals surface area contributed by atoms with Crippen LogP contribution in [0.2, 0.25) is 0 Å². The van der Waals surface area contributed by atoms with Gasteiger partial charge in [0.25, 0.3) is 0 Å². The van der Waals surface area contributed by atoms with Gasteiger partial charge in [0.1, 0.15) is 6.33 Å². The van der Waals surface area contributed by atoms with Gasteiger partial charge in [0, 0.05) is 31.6 Å². The molecule has 0 radical (unpaired) electrons. The van der Waals surface area contributed by atoms with Crippen molar-refractivity contribution in [3.63, 3.8) is 0 Å². The van der Waals surface area contributed by atoms with Gasteiger partial charge in [-0.2, -0.15) is 0 Å². The van der Waals surface area contributed by atoms with Crippen molar-refractivity contribution in [2.24, 2.45) is 0 Å². The third-order valence-corrected chi connectivity index (χ3v) is 3.18. The van der Waals surface area contributed by atoms with Crippen LogP contribution < -0.4 is 4.74 Å². The molecule has 0 bridgehead atoms. The van der Waals surface area contributed by atoms with Gasteiger partial charge in [0.05, 0.1) is 25.0 Å². The molecule has 0 spiro atoms. The Balaban J connectivity index is 1.97. The minimum absolute atomic E-state index is 0.291. The van der Waals surface area contributed by atoms with Crippen LogP contribution in [0.4, 0.5) is 0 Å². The van der Waals surface area contributed by atoms with Crippen LogP contribution in [0.25, 0.3) is 0 Å². The molecule has 0 aromatic carbocycles. The molecule has 106 valence electrons. The van der Waals surface area contributed by atoms with E-state index in [0.717, 1.165) is 49.8 Å². The predicted molar refractivity (Wildman–Crippen MR) is 73.3 cm³/mol.